The number of fused-ring (bicyclic) bond motifs is 1. The Hall–Kier alpha value is -1.60. The van der Waals surface area contributed by atoms with E-state index in [1.807, 2.05) is 11.5 Å². The SMILES string of the molecule is Cc1nnc2n1C[C@H](NC(=O)[C@H]1CCCC[C@@H]1C(F)(F)F)CC2. The number of hydrogen-bond donors (Lipinski definition) is 1. The van der Waals surface area contributed by atoms with E-state index in [4.69, 9.17) is 0 Å². The summed E-state index contributed by atoms with van der Waals surface area (Å²) in [5, 5.41) is 10.9. The van der Waals surface area contributed by atoms with Crippen LogP contribution in [0.25, 0.3) is 0 Å². The maximum absolute atomic E-state index is 13.1. The lowest BCUT2D eigenvalue weighted by molar-refractivity contribution is -0.198. The Balaban J connectivity index is 1.66. The fourth-order valence-corrected chi connectivity index (χ4v) is 3.72. The first-order valence-corrected chi connectivity index (χ1v) is 8.12. The first-order chi connectivity index (χ1) is 10.9. The van der Waals surface area contributed by atoms with Gasteiger partial charge in [-0.1, -0.05) is 12.8 Å². The zero-order valence-corrected chi connectivity index (χ0v) is 13.1. The van der Waals surface area contributed by atoms with E-state index in [1.165, 1.54) is 0 Å². The number of alkyl halides is 3. The first-order valence-electron chi connectivity index (χ1n) is 8.12. The summed E-state index contributed by atoms with van der Waals surface area (Å²) in [4.78, 5) is 12.4. The van der Waals surface area contributed by atoms with Crippen LogP contribution >= 0.6 is 0 Å². The van der Waals surface area contributed by atoms with E-state index in [2.05, 4.69) is 15.5 Å². The Kier molecular flexibility index (Phi) is 4.33. The van der Waals surface area contributed by atoms with Crippen molar-refractivity contribution in [2.45, 2.75) is 64.2 Å². The molecule has 1 fully saturated rings. The van der Waals surface area contributed by atoms with Gasteiger partial charge in [0.1, 0.15) is 11.6 Å². The van der Waals surface area contributed by atoms with Gasteiger partial charge in [0.2, 0.25) is 5.91 Å². The van der Waals surface area contributed by atoms with Gasteiger partial charge >= 0.3 is 6.18 Å². The number of aromatic nitrogens is 3. The summed E-state index contributed by atoms with van der Waals surface area (Å²) in [6.07, 6.45) is -1.33. The molecule has 0 radical (unpaired) electrons. The number of nitrogens with zero attached hydrogens (tertiary/aromatic N) is 3. The van der Waals surface area contributed by atoms with Crippen LogP contribution in [0.1, 0.15) is 43.8 Å². The van der Waals surface area contributed by atoms with Gasteiger partial charge in [0, 0.05) is 24.9 Å². The average molecular weight is 330 g/mol. The Bertz CT molecular complexity index is 584. The summed E-state index contributed by atoms with van der Waals surface area (Å²) < 4.78 is 41.3. The second kappa shape index (κ2) is 6.13. The summed E-state index contributed by atoms with van der Waals surface area (Å²) in [5.74, 6) is -1.27. The van der Waals surface area contributed by atoms with Gasteiger partial charge in [0.25, 0.3) is 0 Å². The van der Waals surface area contributed by atoms with Crippen LogP contribution in [0.2, 0.25) is 0 Å². The Labute approximate surface area is 132 Å². The van der Waals surface area contributed by atoms with Crippen LogP contribution < -0.4 is 5.32 Å². The summed E-state index contributed by atoms with van der Waals surface area (Å²) in [7, 11) is 0. The Morgan fingerprint density at radius 1 is 1.22 bits per heavy atom. The van der Waals surface area contributed by atoms with Gasteiger partial charge in [-0.25, -0.2) is 0 Å². The highest BCUT2D eigenvalue weighted by Crippen LogP contribution is 2.41. The molecule has 1 aromatic heterocycles. The quantitative estimate of drug-likeness (QED) is 0.906. The number of nitrogens with one attached hydrogen (secondary N) is 1. The molecule has 128 valence electrons. The smallest absolute Gasteiger partial charge is 0.351 e. The van der Waals surface area contributed by atoms with Crippen LogP contribution in [0.15, 0.2) is 0 Å². The molecular formula is C15H21F3N4O. The lowest BCUT2D eigenvalue weighted by Crippen LogP contribution is -2.48. The molecule has 0 bridgehead atoms. The predicted molar refractivity (Wildman–Crippen MR) is 76.5 cm³/mol. The number of amides is 1. The van der Waals surface area contributed by atoms with Crippen LogP contribution in [-0.4, -0.2) is 32.9 Å². The molecule has 1 amide bonds. The van der Waals surface area contributed by atoms with Crippen LogP contribution in [0.5, 0.6) is 0 Å². The largest absolute Gasteiger partial charge is 0.392 e. The maximum atomic E-state index is 13.1. The van der Waals surface area contributed by atoms with Crippen molar-refractivity contribution in [1.29, 1.82) is 0 Å². The molecule has 0 unspecified atom stereocenters. The standard InChI is InChI=1S/C15H21F3N4O/c1-9-20-21-13-7-6-10(8-22(9)13)19-14(23)11-4-2-3-5-12(11)15(16,17)18/h10-12H,2-8H2,1H3,(H,19,23)/t10-,11+,12+/m1/s1. The van der Waals surface area contributed by atoms with Crippen LogP contribution in [0, 0.1) is 18.8 Å². The van der Waals surface area contributed by atoms with E-state index in [0.717, 1.165) is 11.6 Å². The van der Waals surface area contributed by atoms with E-state index in [-0.39, 0.29) is 12.5 Å². The molecule has 1 saturated carbocycles. The van der Waals surface area contributed by atoms with Gasteiger partial charge in [0.15, 0.2) is 0 Å². The summed E-state index contributed by atoms with van der Waals surface area (Å²) in [5.41, 5.74) is 0. The molecule has 3 rings (SSSR count). The molecule has 0 spiro atoms. The number of rotatable bonds is 2. The van der Waals surface area contributed by atoms with Crippen molar-refractivity contribution in [2.75, 3.05) is 0 Å². The predicted octanol–water partition coefficient (Wildman–Crippen LogP) is 2.39. The third-order valence-corrected chi connectivity index (χ3v) is 5.00. The van der Waals surface area contributed by atoms with Crippen molar-refractivity contribution in [3.8, 4) is 0 Å². The molecule has 1 aliphatic heterocycles. The fourth-order valence-electron chi connectivity index (χ4n) is 3.72. The van der Waals surface area contributed by atoms with E-state index < -0.39 is 23.9 Å². The fraction of sp³-hybridized carbons (Fsp3) is 0.800. The molecule has 8 heteroatoms. The number of carbonyl (C=O) groups excluding carboxylic acids is 1. The molecule has 1 aliphatic carbocycles. The van der Waals surface area contributed by atoms with Gasteiger partial charge in [-0.3, -0.25) is 4.79 Å². The normalized spacial score (nSPS) is 28.3. The molecule has 2 heterocycles. The summed E-state index contributed by atoms with van der Waals surface area (Å²) in [6.45, 7) is 2.37. The average Bonchev–Trinajstić information content (AvgIpc) is 2.87. The minimum absolute atomic E-state index is 0.0565. The second-order valence-corrected chi connectivity index (χ2v) is 6.56. The van der Waals surface area contributed by atoms with Gasteiger partial charge in [-0.15, -0.1) is 10.2 Å². The van der Waals surface area contributed by atoms with Crippen LogP contribution in [0.3, 0.4) is 0 Å². The van der Waals surface area contributed by atoms with E-state index in [0.29, 0.717) is 38.6 Å². The third kappa shape index (κ3) is 3.35. The molecule has 23 heavy (non-hydrogen) atoms. The third-order valence-electron chi connectivity index (χ3n) is 5.00. The topological polar surface area (TPSA) is 59.8 Å². The van der Waals surface area contributed by atoms with Gasteiger partial charge < -0.3 is 9.88 Å². The molecule has 2 aliphatic rings. The molecule has 3 atom stereocenters. The molecule has 5 nitrogen and oxygen atoms in total. The monoisotopic (exact) mass is 330 g/mol. The van der Waals surface area contributed by atoms with Crippen molar-refractivity contribution < 1.29 is 18.0 Å². The maximum Gasteiger partial charge on any atom is 0.392 e. The van der Waals surface area contributed by atoms with Crippen LogP contribution in [0.4, 0.5) is 13.2 Å². The van der Waals surface area contributed by atoms with Gasteiger partial charge in [-0.2, -0.15) is 13.2 Å². The second-order valence-electron chi connectivity index (χ2n) is 6.56. The zero-order chi connectivity index (χ0) is 16.6. The molecule has 1 aromatic rings. The number of hydrogen-bond acceptors (Lipinski definition) is 3. The number of halogens is 3. The van der Waals surface area contributed by atoms with E-state index in [9.17, 15) is 18.0 Å². The molecule has 0 aromatic carbocycles. The van der Waals surface area contributed by atoms with Crippen molar-refractivity contribution >= 4 is 5.91 Å². The summed E-state index contributed by atoms with van der Waals surface area (Å²) in [6, 6.07) is -0.152. The van der Waals surface area contributed by atoms with Crippen molar-refractivity contribution in [3.63, 3.8) is 0 Å². The highest BCUT2D eigenvalue weighted by molar-refractivity contribution is 5.79. The highest BCUT2D eigenvalue weighted by atomic mass is 19.4. The minimum atomic E-state index is -4.30. The zero-order valence-electron chi connectivity index (χ0n) is 13.1. The van der Waals surface area contributed by atoms with Crippen LogP contribution in [-0.2, 0) is 17.8 Å². The Morgan fingerprint density at radius 3 is 2.70 bits per heavy atom. The Morgan fingerprint density at radius 2 is 1.96 bits per heavy atom. The molecular weight excluding hydrogens is 309 g/mol. The van der Waals surface area contributed by atoms with E-state index >= 15 is 0 Å². The molecule has 0 saturated heterocycles. The minimum Gasteiger partial charge on any atom is -0.351 e. The summed E-state index contributed by atoms with van der Waals surface area (Å²) >= 11 is 0. The van der Waals surface area contributed by atoms with Gasteiger partial charge in [0.05, 0.1) is 5.92 Å². The van der Waals surface area contributed by atoms with Crippen molar-refractivity contribution in [3.05, 3.63) is 11.6 Å². The first kappa shape index (κ1) is 16.3. The molecule has 1 N–H and O–H groups in total. The van der Waals surface area contributed by atoms with E-state index in [1.54, 1.807) is 0 Å². The van der Waals surface area contributed by atoms with Gasteiger partial charge in [-0.05, 0) is 26.2 Å². The highest BCUT2D eigenvalue weighted by Gasteiger charge is 2.48. The lowest BCUT2D eigenvalue weighted by Gasteiger charge is -2.34. The number of carbonyl (C=O) groups is 1. The number of aryl methyl sites for hydroxylation is 2. The lowest BCUT2D eigenvalue weighted by atomic mass is 9.78. The van der Waals surface area contributed by atoms with Crippen molar-refractivity contribution in [1.82, 2.24) is 20.1 Å². The van der Waals surface area contributed by atoms with Crippen molar-refractivity contribution in [2.24, 2.45) is 11.8 Å².